The van der Waals surface area contributed by atoms with Crippen LogP contribution in [0.1, 0.15) is 16.7 Å². The molecule has 2 aromatic carbocycles. The number of hydrogen-bond donors (Lipinski definition) is 0. The molecule has 0 heterocycles. The molecule has 0 radical (unpaired) electrons. The number of benzene rings is 2. The van der Waals surface area contributed by atoms with E-state index in [9.17, 15) is 0 Å². The lowest BCUT2D eigenvalue weighted by molar-refractivity contribution is 0.185. The monoisotopic (exact) mass is 256 g/mol. The summed E-state index contributed by atoms with van der Waals surface area (Å²) in [7, 11) is 3.43. The molecule has 0 aliphatic carbocycles. The van der Waals surface area contributed by atoms with E-state index in [0.29, 0.717) is 13.2 Å². The maximum Gasteiger partial charge on any atom is 0.0713 e. The second kappa shape index (κ2) is 6.50. The van der Waals surface area contributed by atoms with Crippen molar-refractivity contribution in [2.75, 3.05) is 14.2 Å². The highest BCUT2D eigenvalue weighted by Gasteiger charge is 2.03. The average molecular weight is 256 g/mol. The van der Waals surface area contributed by atoms with Gasteiger partial charge in [0.1, 0.15) is 0 Å². The van der Waals surface area contributed by atoms with Crippen LogP contribution < -0.4 is 0 Å². The Morgan fingerprint density at radius 1 is 0.789 bits per heavy atom. The Balaban J connectivity index is 2.25. The molecule has 19 heavy (non-hydrogen) atoms. The van der Waals surface area contributed by atoms with Gasteiger partial charge in [0.25, 0.3) is 0 Å². The summed E-state index contributed by atoms with van der Waals surface area (Å²) in [4.78, 5) is 0. The summed E-state index contributed by atoms with van der Waals surface area (Å²) >= 11 is 0. The smallest absolute Gasteiger partial charge is 0.0713 e. The highest BCUT2D eigenvalue weighted by molar-refractivity contribution is 5.67. The van der Waals surface area contributed by atoms with E-state index < -0.39 is 0 Å². The molecule has 0 aliphatic rings. The lowest BCUT2D eigenvalue weighted by Gasteiger charge is -2.09. The third-order valence-electron chi connectivity index (χ3n) is 3.18. The lowest BCUT2D eigenvalue weighted by Crippen LogP contribution is -1.91. The Hall–Kier alpha value is -1.64. The molecule has 0 unspecified atom stereocenters. The van der Waals surface area contributed by atoms with Crippen molar-refractivity contribution < 1.29 is 9.47 Å². The molecule has 0 saturated carbocycles. The van der Waals surface area contributed by atoms with Gasteiger partial charge in [0.05, 0.1) is 13.2 Å². The van der Waals surface area contributed by atoms with E-state index in [1.54, 1.807) is 14.2 Å². The number of ether oxygens (including phenoxy) is 2. The second-order valence-corrected chi connectivity index (χ2v) is 4.71. The van der Waals surface area contributed by atoms with E-state index in [2.05, 4.69) is 49.4 Å². The largest absolute Gasteiger partial charge is 0.380 e. The molecular formula is C17H20O2. The van der Waals surface area contributed by atoms with Crippen LogP contribution in [0.25, 0.3) is 11.1 Å². The maximum atomic E-state index is 5.16. The minimum absolute atomic E-state index is 0.659. The van der Waals surface area contributed by atoms with Gasteiger partial charge in [-0.25, -0.2) is 0 Å². The molecule has 2 rings (SSSR count). The van der Waals surface area contributed by atoms with Crippen LogP contribution in [0.3, 0.4) is 0 Å². The first-order valence-corrected chi connectivity index (χ1v) is 6.41. The molecule has 0 atom stereocenters. The van der Waals surface area contributed by atoms with Gasteiger partial charge in [0, 0.05) is 14.2 Å². The topological polar surface area (TPSA) is 18.5 Å². The van der Waals surface area contributed by atoms with Gasteiger partial charge in [-0.2, -0.15) is 0 Å². The van der Waals surface area contributed by atoms with Gasteiger partial charge in [-0.3, -0.25) is 0 Å². The van der Waals surface area contributed by atoms with E-state index in [4.69, 9.17) is 9.47 Å². The minimum Gasteiger partial charge on any atom is -0.380 e. The maximum absolute atomic E-state index is 5.16. The van der Waals surface area contributed by atoms with Crippen LogP contribution in [0.2, 0.25) is 0 Å². The summed E-state index contributed by atoms with van der Waals surface area (Å²) in [5, 5.41) is 0. The Morgan fingerprint density at radius 2 is 1.37 bits per heavy atom. The summed E-state index contributed by atoms with van der Waals surface area (Å²) in [6.07, 6.45) is 0. The lowest BCUT2D eigenvalue weighted by atomic mass is 9.98. The van der Waals surface area contributed by atoms with Crippen molar-refractivity contribution in [3.05, 3.63) is 59.2 Å². The molecule has 0 N–H and O–H groups in total. The molecule has 0 amide bonds. The molecule has 0 bridgehead atoms. The van der Waals surface area contributed by atoms with Crippen LogP contribution in [-0.4, -0.2) is 14.2 Å². The van der Waals surface area contributed by atoms with Crippen LogP contribution in [0.5, 0.6) is 0 Å². The van der Waals surface area contributed by atoms with Crippen molar-refractivity contribution in [1.82, 2.24) is 0 Å². The van der Waals surface area contributed by atoms with Crippen molar-refractivity contribution in [3.63, 3.8) is 0 Å². The normalized spacial score (nSPS) is 10.7. The zero-order valence-electron chi connectivity index (χ0n) is 11.8. The highest BCUT2D eigenvalue weighted by Crippen LogP contribution is 2.25. The zero-order valence-corrected chi connectivity index (χ0v) is 11.8. The average Bonchev–Trinajstić information content (AvgIpc) is 2.41. The Kier molecular flexibility index (Phi) is 4.72. The Labute approximate surface area is 115 Å². The summed E-state index contributed by atoms with van der Waals surface area (Å²) < 4.78 is 10.3. The van der Waals surface area contributed by atoms with Crippen LogP contribution in [0.4, 0.5) is 0 Å². The highest BCUT2D eigenvalue weighted by atomic mass is 16.5. The fraction of sp³-hybridized carbons (Fsp3) is 0.294. The molecule has 0 aliphatic heterocycles. The summed E-state index contributed by atoms with van der Waals surface area (Å²) in [5.41, 5.74) is 6.18. The Bertz CT molecular complexity index is 529. The van der Waals surface area contributed by atoms with Gasteiger partial charge in [-0.15, -0.1) is 0 Å². The fourth-order valence-corrected chi connectivity index (χ4v) is 2.25. The van der Waals surface area contributed by atoms with Gasteiger partial charge in [-0.05, 0) is 34.7 Å². The number of rotatable bonds is 5. The number of aryl methyl sites for hydroxylation is 1. The Morgan fingerprint density at radius 3 is 1.95 bits per heavy atom. The van der Waals surface area contributed by atoms with Gasteiger partial charge in [0.2, 0.25) is 0 Å². The predicted octanol–water partition coefficient (Wildman–Crippen LogP) is 3.95. The van der Waals surface area contributed by atoms with Crippen molar-refractivity contribution >= 4 is 0 Å². The van der Waals surface area contributed by atoms with Gasteiger partial charge in [0.15, 0.2) is 0 Å². The van der Waals surface area contributed by atoms with Crippen LogP contribution >= 0.6 is 0 Å². The molecule has 0 spiro atoms. The van der Waals surface area contributed by atoms with Crippen LogP contribution in [-0.2, 0) is 22.7 Å². The molecular weight excluding hydrogens is 236 g/mol. The third-order valence-corrected chi connectivity index (χ3v) is 3.18. The van der Waals surface area contributed by atoms with Crippen LogP contribution in [0.15, 0.2) is 42.5 Å². The molecule has 100 valence electrons. The van der Waals surface area contributed by atoms with Crippen molar-refractivity contribution in [1.29, 1.82) is 0 Å². The first-order chi connectivity index (χ1) is 9.24. The SMILES string of the molecule is COCc1ccc(-c2ccc(COC)cc2C)cc1. The van der Waals surface area contributed by atoms with Crippen molar-refractivity contribution in [2.45, 2.75) is 20.1 Å². The predicted molar refractivity (Wildman–Crippen MR) is 78.0 cm³/mol. The fourth-order valence-electron chi connectivity index (χ4n) is 2.25. The number of methoxy groups -OCH3 is 2. The van der Waals surface area contributed by atoms with E-state index in [-0.39, 0.29) is 0 Å². The van der Waals surface area contributed by atoms with Crippen molar-refractivity contribution in [3.8, 4) is 11.1 Å². The molecule has 2 aromatic rings. The van der Waals surface area contributed by atoms with E-state index in [1.165, 1.54) is 27.8 Å². The first-order valence-electron chi connectivity index (χ1n) is 6.41. The first kappa shape index (κ1) is 13.8. The standard InChI is InChI=1S/C17H20O2/c1-13-10-15(12-19-3)6-9-17(13)16-7-4-14(5-8-16)11-18-2/h4-10H,11-12H2,1-3H3. The van der Waals surface area contributed by atoms with Crippen molar-refractivity contribution in [2.24, 2.45) is 0 Å². The van der Waals surface area contributed by atoms with E-state index >= 15 is 0 Å². The van der Waals surface area contributed by atoms with Gasteiger partial charge >= 0.3 is 0 Å². The third kappa shape index (κ3) is 3.43. The van der Waals surface area contributed by atoms with E-state index in [1.807, 2.05) is 0 Å². The van der Waals surface area contributed by atoms with Gasteiger partial charge < -0.3 is 9.47 Å². The molecule has 2 heteroatoms. The van der Waals surface area contributed by atoms with Crippen LogP contribution in [0, 0.1) is 6.92 Å². The van der Waals surface area contributed by atoms with E-state index in [0.717, 1.165) is 0 Å². The summed E-state index contributed by atoms with van der Waals surface area (Å²) in [6, 6.07) is 15.0. The summed E-state index contributed by atoms with van der Waals surface area (Å²) in [5.74, 6) is 0. The second-order valence-electron chi connectivity index (χ2n) is 4.71. The van der Waals surface area contributed by atoms with Gasteiger partial charge in [-0.1, -0.05) is 42.5 Å². The molecule has 0 saturated heterocycles. The quantitative estimate of drug-likeness (QED) is 0.806. The summed E-state index contributed by atoms with van der Waals surface area (Å²) in [6.45, 7) is 3.46. The molecule has 0 fully saturated rings. The zero-order chi connectivity index (χ0) is 13.7. The molecule has 0 aromatic heterocycles. The minimum atomic E-state index is 0.659. The number of hydrogen-bond acceptors (Lipinski definition) is 2. The molecule has 2 nitrogen and oxygen atoms in total.